The highest BCUT2D eigenvalue weighted by Crippen LogP contribution is 2.10. The van der Waals surface area contributed by atoms with Crippen LogP contribution in [0.4, 0.5) is 0 Å². The zero-order valence-corrected chi connectivity index (χ0v) is 9.03. The fraction of sp³-hybridized carbons (Fsp3) is 0.778. The maximum Gasteiger partial charge on any atom is 0.152 e. The van der Waals surface area contributed by atoms with Crippen molar-refractivity contribution in [3.63, 3.8) is 0 Å². The van der Waals surface area contributed by atoms with Crippen LogP contribution in [0.1, 0.15) is 31.0 Å². The summed E-state index contributed by atoms with van der Waals surface area (Å²) in [4.78, 5) is 0. The summed E-state index contributed by atoms with van der Waals surface area (Å²) >= 11 is 0. The van der Waals surface area contributed by atoms with Crippen LogP contribution in [-0.2, 0) is 11.3 Å². The van der Waals surface area contributed by atoms with Crippen molar-refractivity contribution in [1.82, 2.24) is 14.8 Å². The predicted octanol–water partition coefficient (Wildman–Crippen LogP) is 0.643. The second-order valence-electron chi connectivity index (χ2n) is 3.32. The maximum absolute atomic E-state index is 5.90. The molecule has 0 aromatic carbocycles. The van der Waals surface area contributed by atoms with Crippen molar-refractivity contribution < 1.29 is 4.74 Å². The molecule has 2 N–H and O–H groups in total. The molecule has 1 aromatic rings. The zero-order chi connectivity index (χ0) is 10.6. The summed E-state index contributed by atoms with van der Waals surface area (Å²) in [6.45, 7) is 5.43. The Balaban J connectivity index is 2.84. The lowest BCUT2D eigenvalue weighted by Crippen LogP contribution is -2.21. The Bertz CT molecular complexity index is 284. The van der Waals surface area contributed by atoms with Crippen molar-refractivity contribution in [2.45, 2.75) is 32.9 Å². The minimum Gasteiger partial charge on any atom is -0.383 e. The number of aryl methyl sites for hydroxylation is 1. The molecule has 1 aromatic heterocycles. The summed E-state index contributed by atoms with van der Waals surface area (Å²) < 4.78 is 7.04. The molecule has 1 heterocycles. The van der Waals surface area contributed by atoms with Gasteiger partial charge in [0.15, 0.2) is 5.82 Å². The van der Waals surface area contributed by atoms with Crippen molar-refractivity contribution in [3.8, 4) is 0 Å². The maximum atomic E-state index is 5.90. The van der Waals surface area contributed by atoms with E-state index in [9.17, 15) is 0 Å². The molecule has 5 nitrogen and oxygen atoms in total. The first kappa shape index (κ1) is 11.1. The standard InChI is InChI=1S/C9H18N4O/c1-4-5-13-7(2)11-12-9(13)8(10)6-14-3/h8H,4-6,10H2,1-3H3. The number of hydrogen-bond donors (Lipinski definition) is 1. The van der Waals surface area contributed by atoms with Gasteiger partial charge in [-0.1, -0.05) is 6.92 Å². The number of methoxy groups -OCH3 is 1. The summed E-state index contributed by atoms with van der Waals surface area (Å²) in [5, 5.41) is 8.08. The Morgan fingerprint density at radius 1 is 1.50 bits per heavy atom. The van der Waals surface area contributed by atoms with E-state index >= 15 is 0 Å². The molecule has 0 aliphatic rings. The fourth-order valence-corrected chi connectivity index (χ4v) is 1.43. The second kappa shape index (κ2) is 5.07. The Kier molecular flexibility index (Phi) is 4.03. The summed E-state index contributed by atoms with van der Waals surface area (Å²) in [5.74, 6) is 1.72. The lowest BCUT2D eigenvalue weighted by Gasteiger charge is -2.12. The zero-order valence-electron chi connectivity index (χ0n) is 9.03. The summed E-state index contributed by atoms with van der Waals surface area (Å²) in [6.07, 6.45) is 1.05. The average Bonchev–Trinajstić information content (AvgIpc) is 2.50. The van der Waals surface area contributed by atoms with Crippen molar-refractivity contribution in [2.75, 3.05) is 13.7 Å². The van der Waals surface area contributed by atoms with Crippen molar-refractivity contribution >= 4 is 0 Å². The van der Waals surface area contributed by atoms with Gasteiger partial charge in [0.05, 0.1) is 12.6 Å². The minimum atomic E-state index is -0.187. The smallest absolute Gasteiger partial charge is 0.152 e. The van der Waals surface area contributed by atoms with Crippen LogP contribution < -0.4 is 5.73 Å². The molecule has 0 saturated heterocycles. The van der Waals surface area contributed by atoms with E-state index in [1.807, 2.05) is 11.5 Å². The second-order valence-corrected chi connectivity index (χ2v) is 3.32. The van der Waals surface area contributed by atoms with Gasteiger partial charge in [-0.05, 0) is 13.3 Å². The lowest BCUT2D eigenvalue weighted by molar-refractivity contribution is 0.176. The fourth-order valence-electron chi connectivity index (χ4n) is 1.43. The number of ether oxygens (including phenoxy) is 1. The van der Waals surface area contributed by atoms with E-state index in [2.05, 4.69) is 17.1 Å². The number of hydrogen-bond acceptors (Lipinski definition) is 4. The van der Waals surface area contributed by atoms with E-state index in [0.717, 1.165) is 24.6 Å². The third kappa shape index (κ3) is 2.30. The summed E-state index contributed by atoms with van der Waals surface area (Å²) in [7, 11) is 1.63. The van der Waals surface area contributed by atoms with Gasteiger partial charge >= 0.3 is 0 Å². The highest BCUT2D eigenvalue weighted by molar-refractivity contribution is 4.99. The van der Waals surface area contributed by atoms with Crippen LogP contribution in [0.15, 0.2) is 0 Å². The number of nitrogens with two attached hydrogens (primary N) is 1. The molecule has 0 bridgehead atoms. The quantitative estimate of drug-likeness (QED) is 0.754. The third-order valence-electron chi connectivity index (χ3n) is 2.09. The average molecular weight is 198 g/mol. The van der Waals surface area contributed by atoms with Gasteiger partial charge < -0.3 is 15.0 Å². The first-order valence-electron chi connectivity index (χ1n) is 4.84. The lowest BCUT2D eigenvalue weighted by atomic mass is 10.3. The monoisotopic (exact) mass is 198 g/mol. The molecule has 0 fully saturated rings. The third-order valence-corrected chi connectivity index (χ3v) is 2.09. The van der Waals surface area contributed by atoms with Gasteiger partial charge in [0, 0.05) is 13.7 Å². The molecule has 80 valence electrons. The number of aromatic nitrogens is 3. The molecular weight excluding hydrogens is 180 g/mol. The highest BCUT2D eigenvalue weighted by atomic mass is 16.5. The van der Waals surface area contributed by atoms with Gasteiger partial charge in [-0.3, -0.25) is 0 Å². The van der Waals surface area contributed by atoms with Crippen LogP contribution in [-0.4, -0.2) is 28.5 Å². The molecule has 5 heteroatoms. The van der Waals surface area contributed by atoms with Crippen LogP contribution in [0.3, 0.4) is 0 Å². The van der Waals surface area contributed by atoms with Gasteiger partial charge in [-0.25, -0.2) is 0 Å². The first-order chi connectivity index (χ1) is 6.70. The largest absolute Gasteiger partial charge is 0.383 e. The van der Waals surface area contributed by atoms with Gasteiger partial charge in [-0.15, -0.1) is 10.2 Å². The van der Waals surface area contributed by atoms with Gasteiger partial charge in [0.1, 0.15) is 5.82 Å². The van der Waals surface area contributed by atoms with E-state index < -0.39 is 0 Å². The molecule has 0 aliphatic heterocycles. The van der Waals surface area contributed by atoms with Gasteiger partial charge in [0.2, 0.25) is 0 Å². The Hall–Kier alpha value is -0.940. The molecule has 0 aliphatic carbocycles. The van der Waals surface area contributed by atoms with E-state index in [1.165, 1.54) is 0 Å². The van der Waals surface area contributed by atoms with Crippen molar-refractivity contribution in [2.24, 2.45) is 5.73 Å². The van der Waals surface area contributed by atoms with Crippen molar-refractivity contribution in [3.05, 3.63) is 11.6 Å². The van der Waals surface area contributed by atoms with Crippen LogP contribution in [0.25, 0.3) is 0 Å². The van der Waals surface area contributed by atoms with Crippen LogP contribution in [0, 0.1) is 6.92 Å². The molecule has 0 saturated carbocycles. The van der Waals surface area contributed by atoms with Gasteiger partial charge in [0.25, 0.3) is 0 Å². The van der Waals surface area contributed by atoms with Crippen molar-refractivity contribution in [1.29, 1.82) is 0 Å². The molecular formula is C9H18N4O. The summed E-state index contributed by atoms with van der Waals surface area (Å²) in [6, 6.07) is -0.187. The molecule has 0 radical (unpaired) electrons. The molecule has 14 heavy (non-hydrogen) atoms. The molecule has 1 unspecified atom stereocenters. The molecule has 1 atom stereocenters. The molecule has 0 spiro atoms. The molecule has 0 amide bonds. The predicted molar refractivity (Wildman–Crippen MR) is 53.9 cm³/mol. The Morgan fingerprint density at radius 2 is 2.21 bits per heavy atom. The van der Waals surface area contributed by atoms with Gasteiger partial charge in [-0.2, -0.15) is 0 Å². The Morgan fingerprint density at radius 3 is 2.79 bits per heavy atom. The number of nitrogens with zero attached hydrogens (tertiary/aromatic N) is 3. The van der Waals surface area contributed by atoms with Crippen LogP contribution in [0.2, 0.25) is 0 Å². The van der Waals surface area contributed by atoms with E-state index in [1.54, 1.807) is 7.11 Å². The normalized spacial score (nSPS) is 13.1. The SMILES string of the molecule is CCCn1c(C)nnc1C(N)COC. The minimum absolute atomic E-state index is 0.187. The topological polar surface area (TPSA) is 66.0 Å². The number of rotatable bonds is 5. The first-order valence-corrected chi connectivity index (χ1v) is 4.84. The highest BCUT2D eigenvalue weighted by Gasteiger charge is 2.15. The Labute approximate surface area is 84.3 Å². The van der Waals surface area contributed by atoms with E-state index in [0.29, 0.717) is 6.61 Å². The summed E-state index contributed by atoms with van der Waals surface area (Å²) in [5.41, 5.74) is 5.90. The van der Waals surface area contributed by atoms with E-state index in [-0.39, 0.29) is 6.04 Å². The van der Waals surface area contributed by atoms with Crippen LogP contribution >= 0.6 is 0 Å². The van der Waals surface area contributed by atoms with E-state index in [4.69, 9.17) is 10.5 Å². The molecule has 1 rings (SSSR count). The van der Waals surface area contributed by atoms with Crippen LogP contribution in [0.5, 0.6) is 0 Å².